The van der Waals surface area contributed by atoms with Crippen molar-refractivity contribution >= 4 is 21.0 Å². The van der Waals surface area contributed by atoms with E-state index in [1.807, 2.05) is 30.3 Å². The molecular weight excluding hydrogens is 160 g/mol. The van der Waals surface area contributed by atoms with Crippen molar-refractivity contribution in [1.82, 2.24) is 0 Å². The summed E-state index contributed by atoms with van der Waals surface area (Å²) < 4.78 is 0. The molecule has 3 radical (unpaired) electrons. The molecule has 1 aromatic rings. The Kier molecular flexibility index (Phi) is 3.06. The van der Waals surface area contributed by atoms with Crippen LogP contribution in [0.4, 0.5) is 0 Å². The average molecular weight is 171 g/mol. The zero-order chi connectivity index (χ0) is 8.97. The Bertz CT molecular complexity index is 300. The molecule has 0 aliphatic rings. The predicted molar refractivity (Wildman–Crippen MR) is 55.7 cm³/mol. The van der Waals surface area contributed by atoms with Gasteiger partial charge in [0.15, 0.2) is 0 Å². The van der Waals surface area contributed by atoms with Gasteiger partial charge in [-0.05, 0) is 17.6 Å². The summed E-state index contributed by atoms with van der Waals surface area (Å²) in [5.74, 6) is 0. The minimum atomic E-state index is 0.835. The first-order valence-corrected chi connectivity index (χ1v) is 4.35. The maximum absolute atomic E-state index is 3.97. The van der Waals surface area contributed by atoms with E-state index in [1.54, 1.807) is 0 Å². The highest BCUT2D eigenvalue weighted by Gasteiger charge is 1.98. The Morgan fingerprint density at radius 2 is 2.08 bits per heavy atom. The fourth-order valence-electron chi connectivity index (χ4n) is 1.08. The van der Waals surface area contributed by atoms with Crippen LogP contribution in [-0.2, 0) is 0 Å². The maximum atomic E-state index is 3.97. The summed E-state index contributed by atoms with van der Waals surface area (Å²) in [5.41, 5.74) is 2.25. The normalized spacial score (nSPS) is 9.42. The molecule has 0 saturated heterocycles. The maximum Gasteiger partial charge on any atom is 0.0720 e. The van der Waals surface area contributed by atoms with Crippen molar-refractivity contribution in [2.45, 2.75) is 6.42 Å². The van der Waals surface area contributed by atoms with Gasteiger partial charge in [-0.3, -0.25) is 0 Å². The van der Waals surface area contributed by atoms with Crippen LogP contribution in [0.25, 0.3) is 5.57 Å². The molecule has 0 bridgehead atoms. The molecular formula is C11H11Si. The molecule has 0 nitrogen and oxygen atoms in total. The van der Waals surface area contributed by atoms with Crippen LogP contribution in [0.3, 0.4) is 0 Å². The Morgan fingerprint density at radius 1 is 1.42 bits per heavy atom. The lowest BCUT2D eigenvalue weighted by atomic mass is 10.0. The molecule has 0 heterocycles. The van der Waals surface area contributed by atoms with E-state index >= 15 is 0 Å². The molecule has 0 saturated carbocycles. The zero-order valence-electron chi connectivity index (χ0n) is 7.01. The molecule has 0 fully saturated rings. The van der Waals surface area contributed by atoms with Gasteiger partial charge in [-0.1, -0.05) is 42.1 Å². The smallest absolute Gasteiger partial charge is 0.0720 e. The summed E-state index contributed by atoms with van der Waals surface area (Å²) in [4.78, 5) is 0. The molecule has 59 valence electrons. The van der Waals surface area contributed by atoms with Crippen molar-refractivity contribution in [1.29, 1.82) is 0 Å². The van der Waals surface area contributed by atoms with Crippen molar-refractivity contribution in [2.75, 3.05) is 0 Å². The summed E-state index contributed by atoms with van der Waals surface area (Å²) >= 11 is 0. The van der Waals surface area contributed by atoms with Crippen LogP contribution in [0.15, 0.2) is 43.5 Å². The molecule has 1 rings (SSSR count). The van der Waals surface area contributed by atoms with Crippen molar-refractivity contribution in [3.63, 3.8) is 0 Å². The monoisotopic (exact) mass is 171 g/mol. The zero-order valence-corrected chi connectivity index (χ0v) is 8.01. The minimum Gasteiger partial charge on any atom is -0.103 e. The number of benzene rings is 1. The van der Waals surface area contributed by atoms with Gasteiger partial charge in [0.1, 0.15) is 0 Å². The first-order valence-electron chi connectivity index (χ1n) is 3.85. The lowest BCUT2D eigenvalue weighted by molar-refractivity contribution is 1.42. The molecule has 1 heteroatoms. The van der Waals surface area contributed by atoms with Gasteiger partial charge >= 0.3 is 0 Å². The van der Waals surface area contributed by atoms with Gasteiger partial charge in [0.05, 0.1) is 10.2 Å². The van der Waals surface area contributed by atoms with Crippen LogP contribution < -0.4 is 5.19 Å². The van der Waals surface area contributed by atoms with Gasteiger partial charge < -0.3 is 0 Å². The van der Waals surface area contributed by atoms with Gasteiger partial charge in [-0.25, -0.2) is 0 Å². The van der Waals surface area contributed by atoms with Crippen LogP contribution in [0.5, 0.6) is 0 Å². The molecule has 0 aliphatic carbocycles. The van der Waals surface area contributed by atoms with E-state index in [9.17, 15) is 0 Å². The summed E-state index contributed by atoms with van der Waals surface area (Å²) in [6.07, 6.45) is 2.70. The second kappa shape index (κ2) is 4.07. The Hall–Kier alpha value is -1.08. The van der Waals surface area contributed by atoms with Crippen molar-refractivity contribution < 1.29 is 0 Å². The third-order valence-electron chi connectivity index (χ3n) is 1.70. The van der Waals surface area contributed by atoms with Crippen LogP contribution in [0, 0.1) is 0 Å². The SMILES string of the molecule is C=CCC(=C)c1ccccc1[Si]. The molecule has 0 N–H and O–H groups in total. The highest BCUT2D eigenvalue weighted by atomic mass is 28.1. The fraction of sp³-hybridized carbons (Fsp3) is 0.0909. The molecule has 12 heavy (non-hydrogen) atoms. The second-order valence-electron chi connectivity index (χ2n) is 2.64. The summed E-state index contributed by atoms with van der Waals surface area (Å²) in [6.45, 7) is 7.65. The number of hydrogen-bond donors (Lipinski definition) is 0. The summed E-state index contributed by atoms with van der Waals surface area (Å²) in [7, 11) is 3.52. The molecule has 0 aliphatic heterocycles. The summed E-state index contributed by atoms with van der Waals surface area (Å²) in [5, 5.41) is 1.09. The first kappa shape index (κ1) is 9.01. The van der Waals surface area contributed by atoms with E-state index in [1.165, 1.54) is 0 Å². The minimum absolute atomic E-state index is 0.835. The predicted octanol–water partition coefficient (Wildman–Crippen LogP) is 2.07. The van der Waals surface area contributed by atoms with E-state index < -0.39 is 0 Å². The topological polar surface area (TPSA) is 0 Å². The lowest BCUT2D eigenvalue weighted by Crippen LogP contribution is -2.07. The number of hydrogen-bond acceptors (Lipinski definition) is 0. The Labute approximate surface area is 77.0 Å². The standard InChI is InChI=1S/C11H11Si/c1-3-6-9(2)10-7-4-5-8-11(10)12/h3-5,7-8H,1-2,6H2. The van der Waals surface area contributed by atoms with Gasteiger partial charge in [0.2, 0.25) is 0 Å². The van der Waals surface area contributed by atoms with Crippen LogP contribution in [0.1, 0.15) is 12.0 Å². The highest BCUT2D eigenvalue weighted by Crippen LogP contribution is 2.12. The van der Waals surface area contributed by atoms with Crippen LogP contribution in [0.2, 0.25) is 0 Å². The molecule has 0 atom stereocenters. The molecule has 0 spiro atoms. The second-order valence-corrected chi connectivity index (χ2v) is 3.18. The van der Waals surface area contributed by atoms with Crippen molar-refractivity contribution in [2.24, 2.45) is 0 Å². The van der Waals surface area contributed by atoms with E-state index in [2.05, 4.69) is 23.4 Å². The Morgan fingerprint density at radius 3 is 2.67 bits per heavy atom. The van der Waals surface area contributed by atoms with Crippen LogP contribution in [-0.4, -0.2) is 10.2 Å². The lowest BCUT2D eigenvalue weighted by Gasteiger charge is -2.05. The summed E-state index contributed by atoms with van der Waals surface area (Å²) in [6, 6.07) is 8.06. The van der Waals surface area contributed by atoms with Crippen LogP contribution >= 0.6 is 0 Å². The quantitative estimate of drug-likeness (QED) is 0.482. The Balaban J connectivity index is 2.94. The van der Waals surface area contributed by atoms with Crippen molar-refractivity contribution in [3.05, 3.63) is 49.1 Å². The third-order valence-corrected chi connectivity index (χ3v) is 2.13. The third kappa shape index (κ3) is 1.95. The van der Waals surface area contributed by atoms with Crippen molar-refractivity contribution in [3.8, 4) is 0 Å². The number of rotatable bonds is 3. The van der Waals surface area contributed by atoms with E-state index in [0.717, 1.165) is 22.7 Å². The largest absolute Gasteiger partial charge is 0.103 e. The van der Waals surface area contributed by atoms with Gasteiger partial charge in [-0.2, -0.15) is 0 Å². The van der Waals surface area contributed by atoms with E-state index in [0.29, 0.717) is 0 Å². The molecule has 0 aromatic heterocycles. The molecule has 0 unspecified atom stereocenters. The van der Waals surface area contributed by atoms with Gasteiger partial charge in [0, 0.05) is 0 Å². The molecule has 1 aromatic carbocycles. The molecule has 0 amide bonds. The number of allylic oxidation sites excluding steroid dienone is 2. The van der Waals surface area contributed by atoms with E-state index in [-0.39, 0.29) is 0 Å². The van der Waals surface area contributed by atoms with Gasteiger partial charge in [0.25, 0.3) is 0 Å². The first-order chi connectivity index (χ1) is 5.75. The van der Waals surface area contributed by atoms with E-state index in [4.69, 9.17) is 0 Å². The fourth-order valence-corrected chi connectivity index (χ4v) is 1.43. The average Bonchev–Trinajstić information content (AvgIpc) is 2.05. The van der Waals surface area contributed by atoms with Gasteiger partial charge in [-0.15, -0.1) is 6.58 Å². The highest BCUT2D eigenvalue weighted by molar-refractivity contribution is 6.34.